The zero-order chi connectivity index (χ0) is 23.4. The van der Waals surface area contributed by atoms with Crippen LogP contribution in [0.25, 0.3) is 33.9 Å². The van der Waals surface area contributed by atoms with E-state index in [9.17, 15) is 5.11 Å². The molecule has 0 bridgehead atoms. The third-order valence-corrected chi connectivity index (χ3v) is 5.80. The Morgan fingerprint density at radius 2 is 1.52 bits per heavy atom. The number of hydrogen-bond acceptors (Lipinski definition) is 6. The van der Waals surface area contributed by atoms with Gasteiger partial charge in [0.1, 0.15) is 5.82 Å². The Morgan fingerprint density at radius 1 is 0.879 bits per heavy atom. The molecule has 2 aromatic heterocycles. The number of aliphatic hydroxyl groups excluding tert-OH is 1. The summed E-state index contributed by atoms with van der Waals surface area (Å²) in [6.07, 6.45) is 3.51. The predicted molar refractivity (Wildman–Crippen MR) is 137 cm³/mol. The summed E-state index contributed by atoms with van der Waals surface area (Å²) in [6.45, 7) is 0.351. The Bertz CT molecular complexity index is 1210. The summed E-state index contributed by atoms with van der Waals surface area (Å²) < 4.78 is 2.06. The third-order valence-electron chi connectivity index (χ3n) is 5.55. The van der Waals surface area contributed by atoms with E-state index in [1.54, 1.807) is 12.4 Å². The fourth-order valence-electron chi connectivity index (χ4n) is 3.99. The average molecular weight is 463 g/mol. The minimum atomic E-state index is -0.0297. The van der Waals surface area contributed by atoms with Crippen molar-refractivity contribution in [1.82, 2.24) is 14.5 Å². The van der Waals surface area contributed by atoms with Crippen LogP contribution in [0.15, 0.2) is 60.9 Å². The molecule has 0 unspecified atom stereocenters. The van der Waals surface area contributed by atoms with Crippen LogP contribution >= 0.6 is 11.6 Å². The van der Waals surface area contributed by atoms with Crippen LogP contribution < -0.4 is 16.0 Å². The van der Waals surface area contributed by atoms with Crippen LogP contribution in [0.1, 0.15) is 0 Å². The monoisotopic (exact) mass is 462 g/mol. The SMILES string of the molecule is CNc1cc(NC)c(-c2nc(-c3ccncc3)c(-c3ccc(Cl)cc3)n2CCO)c(NC)c1. The molecule has 0 radical (unpaired) electrons. The first kappa shape index (κ1) is 22.6. The van der Waals surface area contributed by atoms with E-state index in [0.717, 1.165) is 51.0 Å². The Kier molecular flexibility index (Phi) is 6.82. The number of pyridine rings is 1. The highest BCUT2D eigenvalue weighted by molar-refractivity contribution is 6.30. The number of rotatable bonds is 8. The Morgan fingerprint density at radius 3 is 2.06 bits per heavy atom. The van der Waals surface area contributed by atoms with E-state index >= 15 is 0 Å². The van der Waals surface area contributed by atoms with E-state index in [4.69, 9.17) is 16.6 Å². The van der Waals surface area contributed by atoms with E-state index < -0.39 is 0 Å². The maximum Gasteiger partial charge on any atom is 0.145 e. The summed E-state index contributed by atoms with van der Waals surface area (Å²) in [5.74, 6) is 0.747. The molecule has 2 heterocycles. The van der Waals surface area contributed by atoms with Crippen molar-refractivity contribution >= 4 is 28.7 Å². The first-order valence-corrected chi connectivity index (χ1v) is 11.1. The molecule has 4 aromatic rings. The van der Waals surface area contributed by atoms with Gasteiger partial charge in [-0.3, -0.25) is 4.98 Å². The summed E-state index contributed by atoms with van der Waals surface area (Å²) in [7, 11) is 5.67. The van der Waals surface area contributed by atoms with Gasteiger partial charge in [-0.25, -0.2) is 4.98 Å². The molecule has 0 fully saturated rings. The van der Waals surface area contributed by atoms with Crippen LogP contribution in [-0.2, 0) is 6.54 Å². The highest BCUT2D eigenvalue weighted by Gasteiger charge is 2.24. The number of halogens is 1. The minimum absolute atomic E-state index is 0.0297. The van der Waals surface area contributed by atoms with Crippen LogP contribution in [0.4, 0.5) is 17.1 Å². The number of benzene rings is 2. The van der Waals surface area contributed by atoms with Crippen LogP contribution in [0.2, 0.25) is 5.02 Å². The molecular formula is C25H27ClN6O. The molecule has 2 aromatic carbocycles. The molecule has 0 aliphatic rings. The molecule has 0 atom stereocenters. The maximum atomic E-state index is 10.0. The number of imidazole rings is 1. The average Bonchev–Trinajstić information content (AvgIpc) is 3.23. The highest BCUT2D eigenvalue weighted by Crippen LogP contribution is 2.42. The number of hydrogen-bond donors (Lipinski definition) is 4. The second-order valence-electron chi connectivity index (χ2n) is 7.45. The van der Waals surface area contributed by atoms with Crippen molar-refractivity contribution in [3.63, 3.8) is 0 Å². The van der Waals surface area contributed by atoms with E-state index in [2.05, 4.69) is 25.5 Å². The van der Waals surface area contributed by atoms with Crippen LogP contribution in [0, 0.1) is 0 Å². The van der Waals surface area contributed by atoms with Gasteiger partial charge < -0.3 is 25.6 Å². The third kappa shape index (κ3) is 4.37. The summed E-state index contributed by atoms with van der Waals surface area (Å²) in [5, 5.41) is 20.5. The molecule has 33 heavy (non-hydrogen) atoms. The van der Waals surface area contributed by atoms with Gasteiger partial charge in [-0.2, -0.15) is 0 Å². The predicted octanol–water partition coefficient (Wildman–Crippen LogP) is 5.05. The van der Waals surface area contributed by atoms with Crippen LogP contribution in [-0.4, -0.2) is 47.4 Å². The molecule has 0 aliphatic heterocycles. The van der Waals surface area contributed by atoms with Crippen molar-refractivity contribution in [3.8, 4) is 33.9 Å². The van der Waals surface area contributed by atoms with Gasteiger partial charge >= 0.3 is 0 Å². The van der Waals surface area contributed by atoms with E-state index in [1.807, 2.05) is 69.7 Å². The lowest BCUT2D eigenvalue weighted by atomic mass is 10.1. The van der Waals surface area contributed by atoms with E-state index in [1.165, 1.54) is 0 Å². The quantitative estimate of drug-likeness (QED) is 0.293. The lowest BCUT2D eigenvalue weighted by molar-refractivity contribution is 0.277. The van der Waals surface area contributed by atoms with E-state index in [0.29, 0.717) is 11.6 Å². The molecule has 0 amide bonds. The maximum absolute atomic E-state index is 10.0. The lowest BCUT2D eigenvalue weighted by Crippen LogP contribution is -2.09. The number of aromatic nitrogens is 3. The molecule has 4 N–H and O–H groups in total. The summed E-state index contributed by atoms with van der Waals surface area (Å²) in [4.78, 5) is 9.29. The Hall–Kier alpha value is -3.55. The standard InChI is InChI=1S/C25H27ClN6O/c1-27-19-14-20(28-2)22(21(15-19)29-3)25-31-23(16-8-10-30-11-9-16)24(32(25)12-13-33)17-4-6-18(26)7-5-17/h4-11,14-15,27-29,33H,12-13H2,1-3H3. The summed E-state index contributed by atoms with van der Waals surface area (Å²) in [6, 6.07) is 15.7. The number of nitrogens with zero attached hydrogens (tertiary/aromatic N) is 3. The summed E-state index contributed by atoms with van der Waals surface area (Å²) in [5.41, 5.74) is 7.34. The van der Waals surface area contributed by atoms with Crippen LogP contribution in [0.5, 0.6) is 0 Å². The normalized spacial score (nSPS) is 10.8. The van der Waals surface area contributed by atoms with Gasteiger partial charge in [0, 0.05) is 73.3 Å². The molecular weight excluding hydrogens is 436 g/mol. The second kappa shape index (κ2) is 9.94. The van der Waals surface area contributed by atoms with Crippen molar-refractivity contribution in [2.45, 2.75) is 6.54 Å². The highest BCUT2D eigenvalue weighted by atomic mass is 35.5. The molecule has 170 valence electrons. The minimum Gasteiger partial charge on any atom is -0.395 e. The smallest absolute Gasteiger partial charge is 0.145 e. The molecule has 0 spiro atoms. The lowest BCUT2D eigenvalue weighted by Gasteiger charge is -2.18. The fraction of sp³-hybridized carbons (Fsp3) is 0.200. The molecule has 0 saturated carbocycles. The zero-order valence-corrected chi connectivity index (χ0v) is 19.6. The van der Waals surface area contributed by atoms with Crippen LogP contribution in [0.3, 0.4) is 0 Å². The molecule has 8 heteroatoms. The van der Waals surface area contributed by atoms with Gasteiger partial charge in [0.05, 0.1) is 23.6 Å². The summed E-state index contributed by atoms with van der Waals surface area (Å²) >= 11 is 6.17. The first-order valence-electron chi connectivity index (χ1n) is 10.7. The van der Waals surface area contributed by atoms with Crippen molar-refractivity contribution in [1.29, 1.82) is 0 Å². The van der Waals surface area contributed by atoms with Crippen molar-refractivity contribution in [2.24, 2.45) is 0 Å². The fourth-order valence-corrected chi connectivity index (χ4v) is 4.12. The Labute approximate surface area is 198 Å². The number of anilines is 3. The van der Waals surface area contributed by atoms with Gasteiger partial charge in [-0.05, 0) is 36.4 Å². The first-order chi connectivity index (χ1) is 16.1. The molecule has 0 saturated heterocycles. The van der Waals surface area contributed by atoms with Gasteiger partial charge in [0.15, 0.2) is 0 Å². The van der Waals surface area contributed by atoms with Gasteiger partial charge in [-0.1, -0.05) is 23.7 Å². The van der Waals surface area contributed by atoms with Gasteiger partial charge in [-0.15, -0.1) is 0 Å². The topological polar surface area (TPSA) is 87.0 Å². The van der Waals surface area contributed by atoms with E-state index in [-0.39, 0.29) is 6.61 Å². The van der Waals surface area contributed by atoms with Crippen molar-refractivity contribution in [2.75, 3.05) is 43.7 Å². The molecule has 4 rings (SSSR count). The van der Waals surface area contributed by atoms with Crippen molar-refractivity contribution in [3.05, 3.63) is 65.9 Å². The number of aliphatic hydroxyl groups is 1. The zero-order valence-electron chi connectivity index (χ0n) is 18.9. The van der Waals surface area contributed by atoms with Gasteiger partial charge in [0.2, 0.25) is 0 Å². The second-order valence-corrected chi connectivity index (χ2v) is 7.88. The largest absolute Gasteiger partial charge is 0.395 e. The molecule has 7 nitrogen and oxygen atoms in total. The van der Waals surface area contributed by atoms with Gasteiger partial charge in [0.25, 0.3) is 0 Å². The Balaban J connectivity index is 2.08. The van der Waals surface area contributed by atoms with Crippen molar-refractivity contribution < 1.29 is 5.11 Å². The molecule has 0 aliphatic carbocycles. The number of nitrogens with one attached hydrogen (secondary N) is 3.